The van der Waals surface area contributed by atoms with Crippen molar-refractivity contribution in [3.63, 3.8) is 0 Å². The molecule has 0 spiro atoms. The highest BCUT2D eigenvalue weighted by Crippen LogP contribution is 2.36. The fraction of sp³-hybridized carbons (Fsp3) is 0.692. The number of methoxy groups -OCH3 is 1. The van der Waals surface area contributed by atoms with E-state index in [1.54, 1.807) is 23.3 Å². The zero-order valence-corrected chi connectivity index (χ0v) is 12.8. The first-order valence-electron chi connectivity index (χ1n) is 6.31. The van der Waals surface area contributed by atoms with E-state index < -0.39 is 5.60 Å². The quantitative estimate of drug-likeness (QED) is 0.795. The van der Waals surface area contributed by atoms with Crippen molar-refractivity contribution in [1.29, 1.82) is 0 Å². The number of rotatable bonds is 1. The molecule has 1 unspecified atom stereocenters. The Hall–Kier alpha value is -1.30. The topological polar surface area (TPSA) is 51.7 Å². The minimum absolute atomic E-state index is 0.262. The van der Waals surface area contributed by atoms with Crippen LogP contribution < -0.4 is 4.74 Å². The maximum atomic E-state index is 12.1. The number of carbonyl (C=O) groups excluding carboxylic acids is 1. The highest BCUT2D eigenvalue weighted by atomic mass is 32.1. The molecule has 2 rings (SSSR count). The summed E-state index contributed by atoms with van der Waals surface area (Å²) in [6, 6.07) is 0. The van der Waals surface area contributed by atoms with Crippen LogP contribution in [0.4, 0.5) is 4.79 Å². The summed E-state index contributed by atoms with van der Waals surface area (Å²) in [7, 11) is 1.61. The highest BCUT2D eigenvalue weighted by Gasteiger charge is 2.31. The number of carbonyl (C=O) groups is 1. The van der Waals surface area contributed by atoms with Gasteiger partial charge in [0.2, 0.25) is 0 Å². The molecule has 0 fully saturated rings. The fourth-order valence-electron chi connectivity index (χ4n) is 2.05. The first kappa shape index (κ1) is 14.1. The zero-order chi connectivity index (χ0) is 14.2. The van der Waals surface area contributed by atoms with Gasteiger partial charge in [-0.2, -0.15) is 0 Å². The van der Waals surface area contributed by atoms with Crippen LogP contribution in [0.5, 0.6) is 5.19 Å². The Balaban J connectivity index is 2.14. The van der Waals surface area contributed by atoms with Crippen molar-refractivity contribution in [2.45, 2.75) is 45.8 Å². The van der Waals surface area contributed by atoms with Gasteiger partial charge in [0.25, 0.3) is 5.19 Å². The molecule has 1 aliphatic rings. The van der Waals surface area contributed by atoms with E-state index in [4.69, 9.17) is 9.47 Å². The van der Waals surface area contributed by atoms with Gasteiger partial charge in [0, 0.05) is 17.3 Å². The third-order valence-corrected chi connectivity index (χ3v) is 4.11. The predicted octanol–water partition coefficient (Wildman–Crippen LogP) is 3.01. The first-order valence-corrected chi connectivity index (χ1v) is 7.13. The molecule has 1 aliphatic heterocycles. The summed E-state index contributed by atoms with van der Waals surface area (Å²) in [6.07, 6.45) is -0.281. The van der Waals surface area contributed by atoms with Crippen molar-refractivity contribution in [3.05, 3.63) is 10.6 Å². The van der Waals surface area contributed by atoms with E-state index in [1.165, 1.54) is 4.88 Å². The summed E-state index contributed by atoms with van der Waals surface area (Å²) in [6.45, 7) is 8.86. The van der Waals surface area contributed by atoms with Crippen molar-refractivity contribution in [2.75, 3.05) is 13.7 Å². The normalized spacial score (nSPS) is 19.0. The van der Waals surface area contributed by atoms with Crippen LogP contribution in [-0.4, -0.2) is 35.2 Å². The third kappa shape index (κ3) is 3.18. The van der Waals surface area contributed by atoms with Crippen molar-refractivity contribution in [1.82, 2.24) is 9.88 Å². The van der Waals surface area contributed by atoms with Crippen LogP contribution in [0.15, 0.2) is 0 Å². The second-order valence-electron chi connectivity index (χ2n) is 5.76. The summed E-state index contributed by atoms with van der Waals surface area (Å²) < 4.78 is 10.6. The van der Waals surface area contributed by atoms with Crippen LogP contribution >= 0.6 is 11.3 Å². The molecule has 0 saturated heterocycles. The molecule has 106 valence electrons. The second kappa shape index (κ2) is 5.00. The SMILES string of the molecule is COc1nc2c(s1)C(C)CN(C(=O)OC(C)(C)C)C2. The van der Waals surface area contributed by atoms with E-state index in [0.717, 1.165) is 5.69 Å². The Labute approximate surface area is 117 Å². The predicted molar refractivity (Wildman–Crippen MR) is 73.7 cm³/mol. The molecule has 0 saturated carbocycles. The minimum Gasteiger partial charge on any atom is -0.473 e. The lowest BCUT2D eigenvalue weighted by atomic mass is 10.0. The van der Waals surface area contributed by atoms with Crippen LogP contribution in [0, 0.1) is 0 Å². The van der Waals surface area contributed by atoms with Gasteiger partial charge in [0.1, 0.15) is 5.60 Å². The summed E-state index contributed by atoms with van der Waals surface area (Å²) in [5.41, 5.74) is 0.451. The van der Waals surface area contributed by atoms with Crippen molar-refractivity contribution in [3.8, 4) is 5.19 Å². The molecule has 0 radical (unpaired) electrons. The van der Waals surface area contributed by atoms with E-state index in [-0.39, 0.29) is 12.0 Å². The molecule has 1 aromatic heterocycles. The Morgan fingerprint density at radius 1 is 1.47 bits per heavy atom. The largest absolute Gasteiger partial charge is 0.473 e. The summed E-state index contributed by atoms with van der Waals surface area (Å²) in [5, 5.41) is 0.655. The maximum absolute atomic E-state index is 12.1. The molecule has 1 aromatic rings. The summed E-state index contributed by atoms with van der Waals surface area (Å²) in [4.78, 5) is 19.4. The van der Waals surface area contributed by atoms with Gasteiger partial charge >= 0.3 is 6.09 Å². The van der Waals surface area contributed by atoms with Crippen LogP contribution in [0.2, 0.25) is 0 Å². The van der Waals surface area contributed by atoms with Crippen molar-refractivity contribution >= 4 is 17.4 Å². The van der Waals surface area contributed by atoms with Gasteiger partial charge in [-0.05, 0) is 20.8 Å². The highest BCUT2D eigenvalue weighted by molar-refractivity contribution is 7.13. The molecule has 1 atom stereocenters. The average molecular weight is 284 g/mol. The van der Waals surface area contributed by atoms with E-state index in [1.807, 2.05) is 20.8 Å². The lowest BCUT2D eigenvalue weighted by Gasteiger charge is -2.32. The van der Waals surface area contributed by atoms with Gasteiger partial charge in [-0.25, -0.2) is 9.78 Å². The molecule has 0 N–H and O–H groups in total. The number of aromatic nitrogens is 1. The van der Waals surface area contributed by atoms with Gasteiger partial charge in [0.05, 0.1) is 19.3 Å². The van der Waals surface area contributed by atoms with Crippen LogP contribution in [0.25, 0.3) is 0 Å². The molecule has 0 aliphatic carbocycles. The van der Waals surface area contributed by atoms with Gasteiger partial charge in [0.15, 0.2) is 0 Å². The van der Waals surface area contributed by atoms with Gasteiger partial charge < -0.3 is 14.4 Å². The number of amides is 1. The van der Waals surface area contributed by atoms with Crippen molar-refractivity contribution < 1.29 is 14.3 Å². The van der Waals surface area contributed by atoms with Crippen LogP contribution in [-0.2, 0) is 11.3 Å². The molecule has 0 aromatic carbocycles. The number of fused-ring (bicyclic) bond motifs is 1. The summed E-state index contributed by atoms with van der Waals surface area (Å²) >= 11 is 1.56. The number of nitrogens with zero attached hydrogens (tertiary/aromatic N) is 2. The lowest BCUT2D eigenvalue weighted by molar-refractivity contribution is 0.0207. The van der Waals surface area contributed by atoms with Gasteiger partial charge in [-0.15, -0.1) is 0 Å². The van der Waals surface area contributed by atoms with Gasteiger partial charge in [-0.3, -0.25) is 0 Å². The molecule has 19 heavy (non-hydrogen) atoms. The van der Waals surface area contributed by atoms with Gasteiger partial charge in [-0.1, -0.05) is 18.3 Å². The third-order valence-electron chi connectivity index (χ3n) is 2.82. The molecule has 1 amide bonds. The number of hydrogen-bond donors (Lipinski definition) is 0. The molecule has 0 bridgehead atoms. The number of thiazole rings is 1. The first-order chi connectivity index (χ1) is 8.80. The van der Waals surface area contributed by atoms with E-state index in [2.05, 4.69) is 11.9 Å². The smallest absolute Gasteiger partial charge is 0.410 e. The Kier molecular flexibility index (Phi) is 3.71. The number of hydrogen-bond acceptors (Lipinski definition) is 5. The standard InChI is InChI=1S/C13H20N2O3S/c1-8-6-15(12(16)18-13(2,3)4)7-9-10(8)19-11(14-9)17-5/h8H,6-7H2,1-5H3. The van der Waals surface area contributed by atoms with Crippen LogP contribution in [0.1, 0.15) is 44.2 Å². The minimum atomic E-state index is -0.472. The molecular weight excluding hydrogens is 264 g/mol. The molecular formula is C13H20N2O3S. The average Bonchev–Trinajstić information content (AvgIpc) is 2.70. The van der Waals surface area contributed by atoms with E-state index >= 15 is 0 Å². The monoisotopic (exact) mass is 284 g/mol. The maximum Gasteiger partial charge on any atom is 0.410 e. The van der Waals surface area contributed by atoms with Crippen molar-refractivity contribution in [2.24, 2.45) is 0 Å². The Morgan fingerprint density at radius 2 is 2.16 bits per heavy atom. The Morgan fingerprint density at radius 3 is 2.74 bits per heavy atom. The molecule has 5 nitrogen and oxygen atoms in total. The fourth-order valence-corrected chi connectivity index (χ4v) is 2.98. The molecule has 6 heteroatoms. The zero-order valence-electron chi connectivity index (χ0n) is 12.0. The second-order valence-corrected chi connectivity index (χ2v) is 6.75. The number of ether oxygens (including phenoxy) is 2. The lowest BCUT2D eigenvalue weighted by Crippen LogP contribution is -2.40. The Bertz CT molecular complexity index is 479. The van der Waals surface area contributed by atoms with E-state index in [0.29, 0.717) is 18.3 Å². The van der Waals surface area contributed by atoms with E-state index in [9.17, 15) is 4.79 Å². The summed E-state index contributed by atoms with van der Waals surface area (Å²) in [5.74, 6) is 0.262. The van der Waals surface area contributed by atoms with Crippen LogP contribution in [0.3, 0.4) is 0 Å². The molecule has 2 heterocycles.